The second kappa shape index (κ2) is 5.20. The molecule has 4 heteroatoms. The Labute approximate surface area is 142 Å². The van der Waals surface area contributed by atoms with Crippen LogP contribution in [0.25, 0.3) is 11.4 Å². The van der Waals surface area contributed by atoms with Crippen LogP contribution in [0.15, 0.2) is 30.3 Å². The maximum atomic E-state index is 13.0. The fourth-order valence-electron chi connectivity index (χ4n) is 4.25. The summed E-state index contributed by atoms with van der Waals surface area (Å²) in [4.78, 5) is 19.9. The number of carbonyl (C=O) groups is 1. The first-order chi connectivity index (χ1) is 11.8. The number of fused-ring (bicyclic) bond motifs is 1. The Morgan fingerprint density at radius 3 is 2.58 bits per heavy atom. The van der Waals surface area contributed by atoms with Gasteiger partial charge in [0.1, 0.15) is 11.5 Å². The molecule has 2 aliphatic heterocycles. The minimum Gasteiger partial charge on any atom is -0.336 e. The van der Waals surface area contributed by atoms with Gasteiger partial charge < -0.3 is 9.47 Å². The van der Waals surface area contributed by atoms with Crippen molar-refractivity contribution in [1.82, 2.24) is 14.5 Å². The number of benzene rings is 1. The molecule has 5 rings (SSSR count). The number of rotatable bonds is 2. The first-order valence-electron chi connectivity index (χ1n) is 9.20. The highest BCUT2D eigenvalue weighted by molar-refractivity contribution is 5.95. The molecule has 1 spiro atoms. The van der Waals surface area contributed by atoms with Gasteiger partial charge in [0.05, 0.1) is 5.69 Å². The summed E-state index contributed by atoms with van der Waals surface area (Å²) in [6, 6.07) is 10.3. The summed E-state index contributed by atoms with van der Waals surface area (Å²) >= 11 is 0. The lowest BCUT2D eigenvalue weighted by atomic mass is 9.96. The van der Waals surface area contributed by atoms with Crippen molar-refractivity contribution in [2.45, 2.75) is 45.1 Å². The molecular weight excluding hydrogens is 298 g/mol. The average molecular weight is 321 g/mol. The summed E-state index contributed by atoms with van der Waals surface area (Å²) in [5.74, 6) is 1.12. The third-order valence-electron chi connectivity index (χ3n) is 5.90. The molecule has 3 aliphatic rings. The van der Waals surface area contributed by atoms with E-state index in [1.165, 1.54) is 25.7 Å². The van der Waals surface area contributed by atoms with E-state index in [2.05, 4.69) is 16.7 Å². The number of aromatic nitrogens is 2. The van der Waals surface area contributed by atoms with Crippen LogP contribution in [0, 0.1) is 5.41 Å². The molecule has 3 heterocycles. The van der Waals surface area contributed by atoms with Gasteiger partial charge in [0.25, 0.3) is 5.91 Å². The van der Waals surface area contributed by atoms with Crippen LogP contribution in [0.1, 0.15) is 48.3 Å². The maximum absolute atomic E-state index is 13.0. The number of carbonyl (C=O) groups excluding carboxylic acids is 1. The Balaban J connectivity index is 1.54. The second-order valence-corrected chi connectivity index (χ2v) is 7.72. The minimum atomic E-state index is 0.153. The predicted octanol–water partition coefficient (Wildman–Crippen LogP) is 3.51. The Kier molecular flexibility index (Phi) is 3.09. The van der Waals surface area contributed by atoms with Crippen LogP contribution in [0.3, 0.4) is 0 Å². The van der Waals surface area contributed by atoms with Crippen LogP contribution in [0.2, 0.25) is 0 Å². The van der Waals surface area contributed by atoms with Gasteiger partial charge in [-0.2, -0.15) is 0 Å². The van der Waals surface area contributed by atoms with Gasteiger partial charge in [-0.15, -0.1) is 0 Å². The van der Waals surface area contributed by atoms with Crippen LogP contribution in [-0.2, 0) is 13.0 Å². The predicted molar refractivity (Wildman–Crippen MR) is 92.8 cm³/mol. The Hall–Kier alpha value is -2.10. The van der Waals surface area contributed by atoms with E-state index in [9.17, 15) is 4.79 Å². The number of hydrogen-bond acceptors (Lipinski definition) is 2. The zero-order valence-corrected chi connectivity index (χ0v) is 14.0. The fraction of sp³-hybridized carbons (Fsp3) is 0.500. The van der Waals surface area contributed by atoms with Crippen molar-refractivity contribution in [1.29, 1.82) is 0 Å². The van der Waals surface area contributed by atoms with Gasteiger partial charge in [0, 0.05) is 30.6 Å². The first-order valence-corrected chi connectivity index (χ1v) is 9.20. The molecule has 0 bridgehead atoms. The molecule has 1 aromatic heterocycles. The Bertz CT molecular complexity index is 781. The molecule has 2 fully saturated rings. The zero-order chi connectivity index (χ0) is 16.1. The van der Waals surface area contributed by atoms with E-state index in [1.807, 2.05) is 23.1 Å². The molecule has 124 valence electrons. The van der Waals surface area contributed by atoms with Gasteiger partial charge in [-0.3, -0.25) is 4.79 Å². The summed E-state index contributed by atoms with van der Waals surface area (Å²) in [5, 5.41) is 0. The third kappa shape index (κ3) is 2.20. The quantitative estimate of drug-likeness (QED) is 0.849. The molecule has 1 aromatic carbocycles. The number of likely N-dealkylation sites (tertiary alicyclic amines) is 1. The van der Waals surface area contributed by atoms with Crippen molar-refractivity contribution in [3.8, 4) is 11.4 Å². The lowest BCUT2D eigenvalue weighted by Crippen LogP contribution is -2.51. The molecule has 24 heavy (non-hydrogen) atoms. The molecule has 1 saturated carbocycles. The van der Waals surface area contributed by atoms with Crippen LogP contribution in [-0.4, -0.2) is 33.4 Å². The first kappa shape index (κ1) is 14.3. The van der Waals surface area contributed by atoms with E-state index >= 15 is 0 Å². The molecule has 4 nitrogen and oxygen atoms in total. The normalized spacial score (nSPS) is 21.1. The van der Waals surface area contributed by atoms with E-state index in [-0.39, 0.29) is 5.91 Å². The molecule has 1 saturated heterocycles. The van der Waals surface area contributed by atoms with Crippen molar-refractivity contribution in [3.63, 3.8) is 0 Å². The molecule has 2 aromatic rings. The summed E-state index contributed by atoms with van der Waals surface area (Å²) < 4.78 is 2.31. The van der Waals surface area contributed by atoms with Crippen LogP contribution in [0.5, 0.6) is 0 Å². The zero-order valence-electron chi connectivity index (χ0n) is 14.0. The summed E-state index contributed by atoms with van der Waals surface area (Å²) in [6.07, 6.45) is 7.13. The monoisotopic (exact) mass is 321 g/mol. The molecule has 0 atom stereocenters. The minimum absolute atomic E-state index is 0.153. The van der Waals surface area contributed by atoms with E-state index in [0.29, 0.717) is 11.1 Å². The number of amides is 1. The van der Waals surface area contributed by atoms with Gasteiger partial charge in [-0.05, 0) is 32.1 Å². The standard InChI is InChI=1S/C20H23N3O/c24-19(22-13-20(14-22)10-11-20)17-16-9-5-2-6-12-23(16)18(21-17)15-7-3-1-4-8-15/h1,3-4,7-8H,2,5-6,9-14H2. The lowest BCUT2D eigenvalue weighted by molar-refractivity contribution is 0.0436. The van der Waals surface area contributed by atoms with Crippen molar-refractivity contribution < 1.29 is 4.79 Å². The van der Waals surface area contributed by atoms with E-state index < -0.39 is 0 Å². The van der Waals surface area contributed by atoms with Crippen molar-refractivity contribution in [2.75, 3.05) is 13.1 Å². The van der Waals surface area contributed by atoms with Crippen molar-refractivity contribution in [2.24, 2.45) is 5.41 Å². The number of imidazole rings is 1. The fourth-order valence-corrected chi connectivity index (χ4v) is 4.25. The third-order valence-corrected chi connectivity index (χ3v) is 5.90. The molecule has 0 unspecified atom stereocenters. The van der Waals surface area contributed by atoms with E-state index in [4.69, 9.17) is 4.98 Å². The van der Waals surface area contributed by atoms with Crippen LogP contribution >= 0.6 is 0 Å². The van der Waals surface area contributed by atoms with Crippen molar-refractivity contribution in [3.05, 3.63) is 41.7 Å². The highest BCUT2D eigenvalue weighted by Gasteiger charge is 2.54. The molecular formula is C20H23N3O. The molecule has 0 radical (unpaired) electrons. The summed E-state index contributed by atoms with van der Waals surface area (Å²) in [5.41, 5.74) is 3.48. The maximum Gasteiger partial charge on any atom is 0.274 e. The van der Waals surface area contributed by atoms with Gasteiger partial charge in [-0.25, -0.2) is 4.98 Å². The Morgan fingerprint density at radius 1 is 1.04 bits per heavy atom. The molecule has 0 N–H and O–H groups in total. The SMILES string of the molecule is O=C(c1nc(-c2ccccc2)n2c1CCCCC2)N1CC2(CC2)C1. The largest absolute Gasteiger partial charge is 0.336 e. The van der Waals surface area contributed by atoms with Gasteiger partial charge in [0.2, 0.25) is 0 Å². The van der Waals surface area contributed by atoms with E-state index in [0.717, 1.165) is 49.6 Å². The topological polar surface area (TPSA) is 38.1 Å². The van der Waals surface area contributed by atoms with Crippen molar-refractivity contribution >= 4 is 5.91 Å². The highest BCUT2D eigenvalue weighted by atomic mass is 16.2. The number of hydrogen-bond donors (Lipinski definition) is 0. The van der Waals surface area contributed by atoms with E-state index in [1.54, 1.807) is 0 Å². The van der Waals surface area contributed by atoms with Crippen LogP contribution in [0.4, 0.5) is 0 Å². The van der Waals surface area contributed by atoms with Gasteiger partial charge in [0.15, 0.2) is 0 Å². The molecule has 1 amide bonds. The summed E-state index contributed by atoms with van der Waals surface area (Å²) in [7, 11) is 0. The highest BCUT2D eigenvalue weighted by Crippen LogP contribution is 2.53. The van der Waals surface area contributed by atoms with Gasteiger partial charge in [-0.1, -0.05) is 36.8 Å². The molecule has 1 aliphatic carbocycles. The second-order valence-electron chi connectivity index (χ2n) is 7.72. The lowest BCUT2D eigenvalue weighted by Gasteiger charge is -2.39. The summed E-state index contributed by atoms with van der Waals surface area (Å²) in [6.45, 7) is 2.86. The number of nitrogens with zero attached hydrogens (tertiary/aromatic N) is 3. The average Bonchev–Trinajstić information content (AvgIpc) is 3.35. The van der Waals surface area contributed by atoms with Crippen LogP contribution < -0.4 is 0 Å². The van der Waals surface area contributed by atoms with Gasteiger partial charge >= 0.3 is 0 Å². The Morgan fingerprint density at radius 2 is 1.83 bits per heavy atom. The smallest absolute Gasteiger partial charge is 0.274 e.